The first-order valence-electron chi connectivity index (χ1n) is 8.42. The first kappa shape index (κ1) is 20.3. The number of benzene rings is 2. The van der Waals surface area contributed by atoms with Crippen LogP contribution in [0.15, 0.2) is 41.4 Å². The van der Waals surface area contributed by atoms with Crippen molar-refractivity contribution in [2.45, 2.75) is 26.2 Å². The summed E-state index contributed by atoms with van der Waals surface area (Å²) in [5.41, 5.74) is 7.15. The molecule has 27 heavy (non-hydrogen) atoms. The van der Waals surface area contributed by atoms with Gasteiger partial charge >= 0.3 is 0 Å². The number of hydrogen-bond acceptors (Lipinski definition) is 2. The van der Waals surface area contributed by atoms with E-state index in [1.165, 1.54) is 5.56 Å². The van der Waals surface area contributed by atoms with Crippen molar-refractivity contribution in [3.63, 3.8) is 0 Å². The van der Waals surface area contributed by atoms with Crippen LogP contribution in [0, 0.1) is 17.5 Å². The number of nitrogens with one attached hydrogen (secondary N) is 2. The standard InChI is InChI=1S/C19H21F3N4O/c1-3-11(2)12-4-6-13(7-5-12)25-19(23)24-10-16(27)26-15-9-8-14(20)17(21)18(15)22/h4-9,11H,3,10H2,1-2H3,(H,26,27)(H3,23,24,25). The number of hydrogen-bond donors (Lipinski definition) is 3. The van der Waals surface area contributed by atoms with E-state index in [1.54, 1.807) is 0 Å². The van der Waals surface area contributed by atoms with Gasteiger partial charge in [0.1, 0.15) is 6.54 Å². The highest BCUT2D eigenvalue weighted by molar-refractivity contribution is 5.97. The monoisotopic (exact) mass is 378 g/mol. The zero-order valence-corrected chi connectivity index (χ0v) is 15.0. The summed E-state index contributed by atoms with van der Waals surface area (Å²) >= 11 is 0. The van der Waals surface area contributed by atoms with Crippen molar-refractivity contribution in [3.8, 4) is 0 Å². The smallest absolute Gasteiger partial charge is 0.246 e. The molecule has 0 aliphatic rings. The van der Waals surface area contributed by atoms with Crippen molar-refractivity contribution in [1.29, 1.82) is 0 Å². The summed E-state index contributed by atoms with van der Waals surface area (Å²) in [7, 11) is 0. The summed E-state index contributed by atoms with van der Waals surface area (Å²) < 4.78 is 39.5. The molecule has 1 amide bonds. The minimum absolute atomic E-state index is 0.00722. The largest absolute Gasteiger partial charge is 0.370 e. The van der Waals surface area contributed by atoms with Crippen molar-refractivity contribution in [1.82, 2.24) is 0 Å². The minimum Gasteiger partial charge on any atom is -0.370 e. The molecule has 0 bridgehead atoms. The van der Waals surface area contributed by atoms with E-state index in [0.717, 1.165) is 18.6 Å². The highest BCUT2D eigenvalue weighted by atomic mass is 19.2. The lowest BCUT2D eigenvalue weighted by molar-refractivity contribution is -0.114. The van der Waals surface area contributed by atoms with Crippen molar-refractivity contribution in [2.75, 3.05) is 17.2 Å². The van der Waals surface area contributed by atoms with Gasteiger partial charge in [-0.25, -0.2) is 18.2 Å². The second kappa shape index (κ2) is 9.07. The fraction of sp³-hybridized carbons (Fsp3) is 0.263. The Morgan fingerprint density at radius 2 is 1.74 bits per heavy atom. The number of rotatable bonds is 6. The van der Waals surface area contributed by atoms with Crippen LogP contribution in [-0.4, -0.2) is 18.4 Å². The number of guanidine groups is 1. The molecule has 0 aliphatic carbocycles. The molecule has 0 spiro atoms. The summed E-state index contributed by atoms with van der Waals surface area (Å²) in [6.07, 6.45) is 1.03. The van der Waals surface area contributed by atoms with E-state index in [2.05, 4.69) is 29.5 Å². The van der Waals surface area contributed by atoms with Gasteiger partial charge in [0.15, 0.2) is 23.4 Å². The van der Waals surface area contributed by atoms with Crippen molar-refractivity contribution in [2.24, 2.45) is 10.7 Å². The second-order valence-electron chi connectivity index (χ2n) is 6.03. The topological polar surface area (TPSA) is 79.5 Å². The van der Waals surface area contributed by atoms with Gasteiger partial charge < -0.3 is 16.4 Å². The van der Waals surface area contributed by atoms with Gasteiger partial charge in [-0.3, -0.25) is 4.79 Å². The van der Waals surface area contributed by atoms with Gasteiger partial charge in [0.25, 0.3) is 0 Å². The predicted octanol–water partition coefficient (Wildman–Crippen LogP) is 3.98. The Labute approximate surface area is 155 Å². The second-order valence-corrected chi connectivity index (χ2v) is 6.03. The number of aliphatic imine (C=N–C) groups is 1. The van der Waals surface area contributed by atoms with Gasteiger partial charge in [-0.05, 0) is 42.2 Å². The normalized spacial score (nSPS) is 12.6. The first-order valence-corrected chi connectivity index (χ1v) is 8.42. The lowest BCUT2D eigenvalue weighted by atomic mass is 9.99. The Morgan fingerprint density at radius 1 is 1.07 bits per heavy atom. The Bertz CT molecular complexity index is 838. The van der Waals surface area contributed by atoms with Crippen LogP contribution in [0.1, 0.15) is 31.7 Å². The average molecular weight is 378 g/mol. The zero-order chi connectivity index (χ0) is 20.0. The van der Waals surface area contributed by atoms with Crippen molar-refractivity contribution < 1.29 is 18.0 Å². The van der Waals surface area contributed by atoms with Crippen LogP contribution in [0.5, 0.6) is 0 Å². The van der Waals surface area contributed by atoms with E-state index in [9.17, 15) is 18.0 Å². The molecule has 0 aliphatic heterocycles. The Balaban J connectivity index is 1.93. The molecule has 5 nitrogen and oxygen atoms in total. The lowest BCUT2D eigenvalue weighted by Gasteiger charge is -2.11. The number of nitrogens with zero attached hydrogens (tertiary/aromatic N) is 1. The van der Waals surface area contributed by atoms with Crippen LogP contribution >= 0.6 is 0 Å². The summed E-state index contributed by atoms with van der Waals surface area (Å²) in [4.78, 5) is 15.6. The maximum atomic E-state index is 13.5. The van der Waals surface area contributed by atoms with E-state index in [4.69, 9.17) is 5.73 Å². The van der Waals surface area contributed by atoms with E-state index < -0.39 is 35.6 Å². The number of anilines is 2. The van der Waals surface area contributed by atoms with Gasteiger partial charge in [0.2, 0.25) is 5.91 Å². The molecule has 0 saturated heterocycles. The van der Waals surface area contributed by atoms with Crippen LogP contribution in [0.3, 0.4) is 0 Å². The summed E-state index contributed by atoms with van der Waals surface area (Å²) in [5.74, 6) is -4.75. The van der Waals surface area contributed by atoms with Crippen molar-refractivity contribution in [3.05, 3.63) is 59.4 Å². The first-order chi connectivity index (χ1) is 12.8. The van der Waals surface area contributed by atoms with Crippen LogP contribution < -0.4 is 16.4 Å². The van der Waals surface area contributed by atoms with E-state index in [0.29, 0.717) is 11.6 Å². The summed E-state index contributed by atoms with van der Waals surface area (Å²) in [6.45, 7) is 3.83. The Hall–Kier alpha value is -3.03. The van der Waals surface area contributed by atoms with E-state index in [1.807, 2.05) is 24.3 Å². The number of carbonyl (C=O) groups excluding carboxylic acids is 1. The third-order valence-electron chi connectivity index (χ3n) is 4.07. The van der Waals surface area contributed by atoms with Crippen LogP contribution in [-0.2, 0) is 4.79 Å². The number of carbonyl (C=O) groups is 1. The molecule has 1 atom stereocenters. The molecule has 8 heteroatoms. The summed E-state index contributed by atoms with van der Waals surface area (Å²) in [6, 6.07) is 9.29. The van der Waals surface area contributed by atoms with E-state index >= 15 is 0 Å². The molecule has 2 rings (SSSR count). The highest BCUT2D eigenvalue weighted by Gasteiger charge is 2.15. The fourth-order valence-corrected chi connectivity index (χ4v) is 2.29. The molecule has 0 aromatic heterocycles. The molecule has 144 valence electrons. The maximum Gasteiger partial charge on any atom is 0.246 e. The number of halogens is 3. The van der Waals surface area contributed by atoms with Crippen molar-refractivity contribution >= 4 is 23.2 Å². The van der Waals surface area contributed by atoms with Crippen LogP contribution in [0.2, 0.25) is 0 Å². The average Bonchev–Trinajstić information content (AvgIpc) is 2.67. The van der Waals surface area contributed by atoms with Gasteiger partial charge in [0.05, 0.1) is 5.69 Å². The highest BCUT2D eigenvalue weighted by Crippen LogP contribution is 2.21. The van der Waals surface area contributed by atoms with Crippen LogP contribution in [0.4, 0.5) is 24.5 Å². The molecule has 2 aromatic rings. The molecule has 0 heterocycles. The Kier molecular flexibility index (Phi) is 6.81. The molecule has 0 radical (unpaired) electrons. The zero-order valence-electron chi connectivity index (χ0n) is 15.0. The molecule has 4 N–H and O–H groups in total. The molecular weight excluding hydrogens is 357 g/mol. The number of amides is 1. The minimum atomic E-state index is -1.65. The maximum absolute atomic E-state index is 13.5. The fourth-order valence-electron chi connectivity index (χ4n) is 2.29. The quantitative estimate of drug-likeness (QED) is 0.404. The SMILES string of the molecule is CCC(C)c1ccc(NC(N)=NCC(=O)Nc2ccc(F)c(F)c2F)cc1. The van der Waals surface area contributed by atoms with Gasteiger partial charge in [-0.2, -0.15) is 0 Å². The molecule has 2 aromatic carbocycles. The predicted molar refractivity (Wildman–Crippen MR) is 100 cm³/mol. The molecule has 0 fully saturated rings. The molecule has 1 unspecified atom stereocenters. The number of nitrogens with two attached hydrogens (primary N) is 1. The third kappa shape index (κ3) is 5.47. The van der Waals surface area contributed by atoms with Crippen LogP contribution in [0.25, 0.3) is 0 Å². The van der Waals surface area contributed by atoms with Gasteiger partial charge in [-0.1, -0.05) is 26.0 Å². The molecule has 0 saturated carbocycles. The third-order valence-corrected chi connectivity index (χ3v) is 4.07. The Morgan fingerprint density at radius 3 is 2.37 bits per heavy atom. The van der Waals surface area contributed by atoms with E-state index in [-0.39, 0.29) is 5.96 Å². The lowest BCUT2D eigenvalue weighted by Crippen LogP contribution is -2.25. The van der Waals surface area contributed by atoms with Gasteiger partial charge in [0, 0.05) is 5.69 Å². The van der Waals surface area contributed by atoms with Gasteiger partial charge in [-0.15, -0.1) is 0 Å². The summed E-state index contributed by atoms with van der Waals surface area (Å²) in [5, 5.41) is 4.95. The molecular formula is C19H21F3N4O.